The van der Waals surface area contributed by atoms with E-state index in [0.29, 0.717) is 12.0 Å². The number of likely N-dealkylation sites (tertiary alicyclic amines) is 1. The van der Waals surface area contributed by atoms with Crippen molar-refractivity contribution in [3.05, 3.63) is 71.8 Å². The van der Waals surface area contributed by atoms with Gasteiger partial charge in [-0.3, -0.25) is 4.90 Å². The molecule has 2 unspecified atom stereocenters. The van der Waals surface area contributed by atoms with Crippen LogP contribution in [0.5, 0.6) is 0 Å². The summed E-state index contributed by atoms with van der Waals surface area (Å²) in [7, 11) is 0. The number of piperidine rings is 1. The van der Waals surface area contributed by atoms with Gasteiger partial charge in [0.1, 0.15) is 0 Å². The van der Waals surface area contributed by atoms with Gasteiger partial charge in [-0.2, -0.15) is 0 Å². The molecular weight excluding hydrogens is 282 g/mol. The van der Waals surface area contributed by atoms with Gasteiger partial charge in [0.15, 0.2) is 0 Å². The number of hydrogen-bond donors (Lipinski definition) is 2. The Morgan fingerprint density at radius 1 is 0.957 bits per heavy atom. The van der Waals surface area contributed by atoms with Gasteiger partial charge in [-0.15, -0.1) is 0 Å². The Bertz CT molecular complexity index is 570. The maximum absolute atomic E-state index is 5.79. The van der Waals surface area contributed by atoms with Gasteiger partial charge in [-0.05, 0) is 23.5 Å². The van der Waals surface area contributed by atoms with E-state index in [1.165, 1.54) is 17.5 Å². The topological polar surface area (TPSA) is 41.3 Å². The molecule has 3 N–H and O–H groups in total. The zero-order valence-corrected chi connectivity index (χ0v) is 13.7. The second kappa shape index (κ2) is 8.25. The van der Waals surface area contributed by atoms with E-state index >= 15 is 0 Å². The molecule has 0 radical (unpaired) electrons. The highest BCUT2D eigenvalue weighted by molar-refractivity contribution is 5.21. The molecule has 1 saturated heterocycles. The lowest BCUT2D eigenvalue weighted by Crippen LogP contribution is -2.49. The van der Waals surface area contributed by atoms with Crippen LogP contribution < -0.4 is 11.1 Å². The molecule has 1 aliphatic heterocycles. The molecule has 1 heterocycles. The number of benzene rings is 2. The van der Waals surface area contributed by atoms with Crippen LogP contribution in [0.15, 0.2) is 60.7 Å². The summed E-state index contributed by atoms with van der Waals surface area (Å²) in [6, 6.07) is 22.0. The van der Waals surface area contributed by atoms with Crippen molar-refractivity contribution in [2.24, 2.45) is 5.73 Å². The molecular formula is C20H27N3. The summed E-state index contributed by atoms with van der Waals surface area (Å²) in [6.07, 6.45) is 1.19. The highest BCUT2D eigenvalue weighted by atomic mass is 15.2. The van der Waals surface area contributed by atoms with Crippen LogP contribution in [0.1, 0.15) is 23.5 Å². The maximum Gasteiger partial charge on any atom is 0.0208 e. The van der Waals surface area contributed by atoms with Gasteiger partial charge >= 0.3 is 0 Å². The summed E-state index contributed by atoms with van der Waals surface area (Å²) in [5.41, 5.74) is 8.58. The minimum atomic E-state index is 0.515. The minimum Gasteiger partial charge on any atom is -0.329 e. The number of nitrogens with two attached hydrogens (primary N) is 1. The van der Waals surface area contributed by atoms with E-state index in [0.717, 1.165) is 32.7 Å². The highest BCUT2D eigenvalue weighted by Gasteiger charge is 2.27. The van der Waals surface area contributed by atoms with Gasteiger partial charge in [0, 0.05) is 38.8 Å². The number of nitrogens with one attached hydrogen (secondary N) is 1. The van der Waals surface area contributed by atoms with Gasteiger partial charge in [0.05, 0.1) is 0 Å². The van der Waals surface area contributed by atoms with E-state index in [9.17, 15) is 0 Å². The van der Waals surface area contributed by atoms with Crippen LogP contribution >= 0.6 is 0 Å². The van der Waals surface area contributed by atoms with E-state index in [1.54, 1.807) is 0 Å². The quantitative estimate of drug-likeness (QED) is 0.862. The molecule has 2 aromatic carbocycles. The van der Waals surface area contributed by atoms with Crippen molar-refractivity contribution in [2.45, 2.75) is 24.9 Å². The van der Waals surface area contributed by atoms with Crippen LogP contribution in [0, 0.1) is 0 Å². The number of hydrogen-bond acceptors (Lipinski definition) is 3. The van der Waals surface area contributed by atoms with Crippen molar-refractivity contribution in [3.8, 4) is 0 Å². The molecule has 0 aromatic heterocycles. The monoisotopic (exact) mass is 309 g/mol. The molecule has 2 atom stereocenters. The smallest absolute Gasteiger partial charge is 0.0208 e. The summed E-state index contributed by atoms with van der Waals surface area (Å²) in [5.74, 6) is 0.588. The Labute approximate surface area is 139 Å². The second-order valence-electron chi connectivity index (χ2n) is 6.45. The highest BCUT2D eigenvalue weighted by Crippen LogP contribution is 2.27. The van der Waals surface area contributed by atoms with Gasteiger partial charge in [-0.1, -0.05) is 60.7 Å². The largest absolute Gasteiger partial charge is 0.329 e. The Morgan fingerprint density at radius 3 is 2.35 bits per heavy atom. The van der Waals surface area contributed by atoms with Crippen molar-refractivity contribution in [2.75, 3.05) is 26.2 Å². The molecule has 0 amide bonds. The molecule has 122 valence electrons. The zero-order chi connectivity index (χ0) is 15.9. The predicted molar refractivity (Wildman–Crippen MR) is 96.4 cm³/mol. The summed E-state index contributed by atoms with van der Waals surface area (Å²) in [4.78, 5) is 2.50. The Balaban J connectivity index is 1.64. The first kappa shape index (κ1) is 16.2. The number of rotatable bonds is 6. The van der Waals surface area contributed by atoms with Crippen LogP contribution in [0.4, 0.5) is 0 Å². The van der Waals surface area contributed by atoms with E-state index in [1.807, 2.05) is 0 Å². The van der Waals surface area contributed by atoms with Crippen molar-refractivity contribution >= 4 is 0 Å². The van der Waals surface area contributed by atoms with E-state index in [4.69, 9.17) is 5.73 Å². The lowest BCUT2D eigenvalue weighted by atomic mass is 9.88. The molecule has 0 saturated carbocycles. The maximum atomic E-state index is 5.79. The molecule has 23 heavy (non-hydrogen) atoms. The van der Waals surface area contributed by atoms with Crippen LogP contribution in [0.2, 0.25) is 0 Å². The van der Waals surface area contributed by atoms with Crippen molar-refractivity contribution in [1.82, 2.24) is 10.2 Å². The van der Waals surface area contributed by atoms with Crippen LogP contribution in [0.25, 0.3) is 0 Å². The molecule has 0 spiro atoms. The fraction of sp³-hybridized carbons (Fsp3) is 0.400. The van der Waals surface area contributed by atoms with Crippen molar-refractivity contribution in [3.63, 3.8) is 0 Å². The zero-order valence-electron chi connectivity index (χ0n) is 13.7. The molecule has 3 rings (SSSR count). The lowest BCUT2D eigenvalue weighted by molar-refractivity contribution is 0.174. The fourth-order valence-corrected chi connectivity index (χ4v) is 3.53. The first-order valence-corrected chi connectivity index (χ1v) is 8.60. The molecule has 3 nitrogen and oxygen atoms in total. The van der Waals surface area contributed by atoms with Gasteiger partial charge in [-0.25, -0.2) is 0 Å². The van der Waals surface area contributed by atoms with Gasteiger partial charge < -0.3 is 11.1 Å². The molecule has 1 aliphatic rings. The number of nitrogens with zero attached hydrogens (tertiary/aromatic N) is 1. The van der Waals surface area contributed by atoms with Gasteiger partial charge in [0.25, 0.3) is 0 Å². The third-order valence-electron chi connectivity index (χ3n) is 4.68. The lowest BCUT2D eigenvalue weighted by Gasteiger charge is -2.38. The Morgan fingerprint density at radius 2 is 1.65 bits per heavy atom. The summed E-state index contributed by atoms with van der Waals surface area (Å²) >= 11 is 0. The van der Waals surface area contributed by atoms with Crippen LogP contribution in [0.3, 0.4) is 0 Å². The molecule has 2 aromatic rings. The van der Waals surface area contributed by atoms with E-state index in [2.05, 4.69) is 70.9 Å². The summed E-state index contributed by atoms with van der Waals surface area (Å²) in [6.45, 7) is 4.85. The van der Waals surface area contributed by atoms with Crippen LogP contribution in [-0.4, -0.2) is 37.1 Å². The Kier molecular flexibility index (Phi) is 5.81. The predicted octanol–water partition coefficient (Wildman–Crippen LogP) is 2.59. The first-order chi connectivity index (χ1) is 11.3. The molecule has 0 aliphatic carbocycles. The normalized spacial score (nSPS) is 22.1. The van der Waals surface area contributed by atoms with Crippen LogP contribution in [-0.2, 0) is 6.54 Å². The van der Waals surface area contributed by atoms with Crippen molar-refractivity contribution < 1.29 is 0 Å². The first-order valence-electron chi connectivity index (χ1n) is 8.60. The third-order valence-corrected chi connectivity index (χ3v) is 4.68. The van der Waals surface area contributed by atoms with E-state index < -0.39 is 0 Å². The SMILES string of the molecule is NCCN1CC(NCc2ccccc2)CC(c2ccccc2)C1. The molecule has 3 heteroatoms. The summed E-state index contributed by atoms with van der Waals surface area (Å²) in [5, 5.41) is 3.74. The molecule has 0 bridgehead atoms. The van der Waals surface area contributed by atoms with Crippen molar-refractivity contribution in [1.29, 1.82) is 0 Å². The van der Waals surface area contributed by atoms with E-state index in [-0.39, 0.29) is 0 Å². The molecule has 1 fully saturated rings. The average molecular weight is 309 g/mol. The fourth-order valence-electron chi connectivity index (χ4n) is 3.53. The summed E-state index contributed by atoms with van der Waals surface area (Å²) < 4.78 is 0. The third kappa shape index (κ3) is 4.64. The second-order valence-corrected chi connectivity index (χ2v) is 6.45. The van der Waals surface area contributed by atoms with Gasteiger partial charge in [0.2, 0.25) is 0 Å². The average Bonchev–Trinajstić information content (AvgIpc) is 2.62. The standard InChI is InChI=1S/C20H27N3/c21-11-12-23-15-19(18-9-5-2-6-10-18)13-20(16-23)22-14-17-7-3-1-4-8-17/h1-10,19-20,22H,11-16,21H2. The Hall–Kier alpha value is -1.68. The minimum absolute atomic E-state index is 0.515.